The van der Waals surface area contributed by atoms with E-state index < -0.39 is 11.5 Å². The maximum atomic E-state index is 13.9. The SMILES string of the molecule is COc1ccccc1C(=O)NC(CCSC)C(=O)NCC1(c2cccc(F)c2)CCOCC1. The lowest BCUT2D eigenvalue weighted by atomic mass is 9.74. The van der Waals surface area contributed by atoms with Crippen molar-refractivity contribution in [3.8, 4) is 5.75 Å². The van der Waals surface area contributed by atoms with E-state index in [4.69, 9.17) is 9.47 Å². The number of ether oxygens (including phenoxy) is 2. The van der Waals surface area contributed by atoms with Crippen molar-refractivity contribution in [3.63, 3.8) is 0 Å². The Morgan fingerprint density at radius 3 is 2.64 bits per heavy atom. The topological polar surface area (TPSA) is 76.7 Å². The average Bonchev–Trinajstić information content (AvgIpc) is 2.85. The van der Waals surface area contributed by atoms with Crippen molar-refractivity contribution in [1.82, 2.24) is 10.6 Å². The molecular formula is C25H31FN2O4S. The highest BCUT2D eigenvalue weighted by molar-refractivity contribution is 7.98. The summed E-state index contributed by atoms with van der Waals surface area (Å²) in [5.74, 6) is 0.250. The van der Waals surface area contributed by atoms with Crippen LogP contribution in [0.1, 0.15) is 35.2 Å². The van der Waals surface area contributed by atoms with Crippen LogP contribution < -0.4 is 15.4 Å². The van der Waals surface area contributed by atoms with Gasteiger partial charge in [-0.3, -0.25) is 9.59 Å². The van der Waals surface area contributed by atoms with E-state index in [1.807, 2.05) is 12.3 Å². The number of carbonyl (C=O) groups excluding carboxylic acids is 2. The first-order valence-corrected chi connectivity index (χ1v) is 12.4. The van der Waals surface area contributed by atoms with Crippen LogP contribution in [0.5, 0.6) is 5.75 Å². The summed E-state index contributed by atoms with van der Waals surface area (Å²) in [6.45, 7) is 1.44. The van der Waals surface area contributed by atoms with Crippen LogP contribution in [-0.4, -0.2) is 56.7 Å². The largest absolute Gasteiger partial charge is 0.496 e. The molecule has 0 saturated carbocycles. The summed E-state index contributed by atoms with van der Waals surface area (Å²) in [6, 6.07) is 12.8. The summed E-state index contributed by atoms with van der Waals surface area (Å²) in [7, 11) is 1.50. The van der Waals surface area contributed by atoms with E-state index in [-0.39, 0.29) is 17.6 Å². The molecule has 33 heavy (non-hydrogen) atoms. The van der Waals surface area contributed by atoms with E-state index >= 15 is 0 Å². The number of amides is 2. The Morgan fingerprint density at radius 2 is 1.94 bits per heavy atom. The molecule has 3 rings (SSSR count). The summed E-state index contributed by atoms with van der Waals surface area (Å²) in [5.41, 5.74) is 0.819. The lowest BCUT2D eigenvalue weighted by Gasteiger charge is -2.38. The number of rotatable bonds is 10. The maximum Gasteiger partial charge on any atom is 0.255 e. The van der Waals surface area contributed by atoms with Gasteiger partial charge in [0.05, 0.1) is 12.7 Å². The third-order valence-electron chi connectivity index (χ3n) is 6.07. The number of benzene rings is 2. The van der Waals surface area contributed by atoms with Gasteiger partial charge in [-0.25, -0.2) is 4.39 Å². The highest BCUT2D eigenvalue weighted by atomic mass is 32.2. The highest BCUT2D eigenvalue weighted by Gasteiger charge is 2.36. The fourth-order valence-electron chi connectivity index (χ4n) is 4.10. The molecular weight excluding hydrogens is 443 g/mol. The molecule has 1 heterocycles. The van der Waals surface area contributed by atoms with Gasteiger partial charge in [0.15, 0.2) is 0 Å². The molecule has 8 heteroatoms. The molecule has 2 amide bonds. The first kappa shape index (κ1) is 25.1. The predicted octanol–water partition coefficient (Wildman–Crippen LogP) is 3.55. The van der Waals surface area contributed by atoms with Crippen LogP contribution in [0.2, 0.25) is 0 Å². The molecule has 1 aliphatic heterocycles. The number of halogens is 1. The van der Waals surface area contributed by atoms with Crippen molar-refractivity contribution in [3.05, 3.63) is 65.5 Å². The van der Waals surface area contributed by atoms with Gasteiger partial charge in [-0.1, -0.05) is 24.3 Å². The molecule has 1 aliphatic rings. The van der Waals surface area contributed by atoms with E-state index in [1.54, 1.807) is 42.1 Å². The van der Waals surface area contributed by atoms with Gasteiger partial charge in [0.2, 0.25) is 5.91 Å². The summed E-state index contributed by atoms with van der Waals surface area (Å²) in [5, 5.41) is 5.90. The molecule has 0 aromatic heterocycles. The highest BCUT2D eigenvalue weighted by Crippen LogP contribution is 2.34. The second-order valence-corrected chi connectivity index (χ2v) is 9.11. The van der Waals surface area contributed by atoms with E-state index in [9.17, 15) is 14.0 Å². The molecule has 0 bridgehead atoms. The maximum absolute atomic E-state index is 13.9. The van der Waals surface area contributed by atoms with Gasteiger partial charge >= 0.3 is 0 Å². The molecule has 0 aliphatic carbocycles. The molecule has 6 nitrogen and oxygen atoms in total. The summed E-state index contributed by atoms with van der Waals surface area (Å²) in [4.78, 5) is 26.1. The van der Waals surface area contributed by atoms with E-state index in [1.165, 1.54) is 19.2 Å². The minimum atomic E-state index is -0.695. The Hall–Kier alpha value is -2.58. The summed E-state index contributed by atoms with van der Waals surface area (Å²) >= 11 is 1.61. The fraction of sp³-hybridized carbons (Fsp3) is 0.440. The number of hydrogen-bond donors (Lipinski definition) is 2. The average molecular weight is 475 g/mol. The Labute approximate surface area is 198 Å². The van der Waals surface area contributed by atoms with Gasteiger partial charge in [0.1, 0.15) is 17.6 Å². The van der Waals surface area contributed by atoms with E-state index in [0.717, 1.165) is 5.56 Å². The van der Waals surface area contributed by atoms with Gasteiger partial charge < -0.3 is 20.1 Å². The Morgan fingerprint density at radius 1 is 1.18 bits per heavy atom. The molecule has 2 aromatic carbocycles. The van der Waals surface area contributed by atoms with E-state index in [2.05, 4.69) is 10.6 Å². The number of nitrogens with one attached hydrogen (secondary N) is 2. The second kappa shape index (κ2) is 12.0. The number of para-hydroxylation sites is 1. The Kier molecular flexibility index (Phi) is 9.14. The van der Waals surface area contributed by atoms with Gasteiger partial charge in [0.25, 0.3) is 5.91 Å². The van der Waals surface area contributed by atoms with Crippen molar-refractivity contribution in [2.75, 3.05) is 38.9 Å². The number of carbonyl (C=O) groups is 2. The lowest BCUT2D eigenvalue weighted by molar-refractivity contribution is -0.123. The minimum Gasteiger partial charge on any atom is -0.496 e. The molecule has 0 radical (unpaired) electrons. The fourth-order valence-corrected chi connectivity index (χ4v) is 4.57. The molecule has 178 valence electrons. The zero-order valence-electron chi connectivity index (χ0n) is 19.1. The molecule has 1 unspecified atom stereocenters. The normalized spacial score (nSPS) is 16.0. The number of methoxy groups -OCH3 is 1. The lowest BCUT2D eigenvalue weighted by Crippen LogP contribution is -2.51. The van der Waals surface area contributed by atoms with Crippen LogP contribution in [0.25, 0.3) is 0 Å². The molecule has 2 aromatic rings. The zero-order chi connectivity index (χ0) is 23.7. The zero-order valence-corrected chi connectivity index (χ0v) is 19.9. The Balaban J connectivity index is 1.74. The third-order valence-corrected chi connectivity index (χ3v) is 6.72. The first-order chi connectivity index (χ1) is 16.0. The Bertz CT molecular complexity index is 950. The van der Waals surface area contributed by atoms with Crippen LogP contribution in [0.3, 0.4) is 0 Å². The number of hydrogen-bond acceptors (Lipinski definition) is 5. The third kappa shape index (κ3) is 6.48. The van der Waals surface area contributed by atoms with Crippen LogP contribution >= 0.6 is 11.8 Å². The van der Waals surface area contributed by atoms with Crippen LogP contribution in [-0.2, 0) is 14.9 Å². The molecule has 2 N–H and O–H groups in total. The quantitative estimate of drug-likeness (QED) is 0.551. The first-order valence-electron chi connectivity index (χ1n) is 11.0. The van der Waals surface area contributed by atoms with Crippen molar-refractivity contribution in [1.29, 1.82) is 0 Å². The van der Waals surface area contributed by atoms with Crippen molar-refractivity contribution >= 4 is 23.6 Å². The smallest absolute Gasteiger partial charge is 0.255 e. The van der Waals surface area contributed by atoms with Crippen molar-refractivity contribution < 1.29 is 23.5 Å². The van der Waals surface area contributed by atoms with Crippen LogP contribution in [0, 0.1) is 5.82 Å². The van der Waals surface area contributed by atoms with Gasteiger partial charge in [-0.15, -0.1) is 0 Å². The molecule has 1 saturated heterocycles. The minimum absolute atomic E-state index is 0.255. The van der Waals surface area contributed by atoms with Crippen molar-refractivity contribution in [2.45, 2.75) is 30.7 Å². The van der Waals surface area contributed by atoms with Gasteiger partial charge in [-0.2, -0.15) is 11.8 Å². The molecule has 0 spiro atoms. The standard InChI is InChI=1S/C25H31FN2O4S/c1-31-22-9-4-3-8-20(22)23(29)28-21(10-15-33-2)24(30)27-17-25(11-13-32-14-12-25)18-6-5-7-19(26)16-18/h3-9,16,21H,10-15,17H2,1-2H3,(H,27,30)(H,28,29). The van der Waals surface area contributed by atoms with Crippen LogP contribution in [0.15, 0.2) is 48.5 Å². The van der Waals surface area contributed by atoms with Crippen LogP contribution in [0.4, 0.5) is 4.39 Å². The molecule has 1 fully saturated rings. The molecule has 1 atom stereocenters. The number of thioether (sulfide) groups is 1. The van der Waals surface area contributed by atoms with Crippen molar-refractivity contribution in [2.24, 2.45) is 0 Å². The van der Waals surface area contributed by atoms with Gasteiger partial charge in [-0.05, 0) is 61.1 Å². The monoisotopic (exact) mass is 474 g/mol. The van der Waals surface area contributed by atoms with E-state index in [0.29, 0.717) is 56.1 Å². The predicted molar refractivity (Wildman–Crippen MR) is 128 cm³/mol. The summed E-state index contributed by atoms with van der Waals surface area (Å²) in [6.07, 6.45) is 3.81. The second-order valence-electron chi connectivity index (χ2n) is 8.13. The van der Waals surface area contributed by atoms with Gasteiger partial charge in [0, 0.05) is 25.2 Å². The summed E-state index contributed by atoms with van der Waals surface area (Å²) < 4.78 is 24.8.